The van der Waals surface area contributed by atoms with Crippen molar-refractivity contribution in [1.29, 1.82) is 5.26 Å². The van der Waals surface area contributed by atoms with Gasteiger partial charge in [0.1, 0.15) is 11.6 Å². The number of nitrogens with zero attached hydrogens (tertiary/aromatic N) is 6. The van der Waals surface area contributed by atoms with Gasteiger partial charge in [-0.25, -0.2) is 14.5 Å². The second kappa shape index (κ2) is 8.54. The number of amides is 1. The van der Waals surface area contributed by atoms with Crippen molar-refractivity contribution >= 4 is 11.4 Å². The van der Waals surface area contributed by atoms with E-state index in [4.69, 9.17) is 19.7 Å². The smallest absolute Gasteiger partial charge is 0.387 e. The van der Waals surface area contributed by atoms with Crippen LogP contribution in [-0.4, -0.2) is 44.0 Å². The third-order valence-electron chi connectivity index (χ3n) is 8.64. The first kappa shape index (κ1) is 22.3. The molecule has 1 aromatic carbocycles. The Balaban J connectivity index is 1.37. The Kier molecular flexibility index (Phi) is 4.64. The van der Waals surface area contributed by atoms with Crippen LogP contribution in [0.1, 0.15) is 80.8 Å². The molecule has 0 radical (unpaired) electrons. The number of pyridine rings is 1. The Morgan fingerprint density at radius 3 is 2.68 bits per heavy atom. The Hall–Kier alpha value is -4.43. The molecule has 9 nitrogen and oxygen atoms in total. The maximum Gasteiger partial charge on any atom is 0.387 e. The van der Waals surface area contributed by atoms with Crippen LogP contribution in [0.2, 0.25) is 0 Å². The number of rotatable bonds is 4. The molecule has 0 unspecified atom stereocenters. The largest absolute Gasteiger partial charge is 0.434 e. The summed E-state index contributed by atoms with van der Waals surface area (Å²) in [5, 5.41) is 14.1. The first-order valence-corrected chi connectivity index (χ1v) is 13.2. The molecule has 11 heteroatoms. The first-order chi connectivity index (χ1) is 20.7. The van der Waals surface area contributed by atoms with E-state index in [2.05, 4.69) is 16.0 Å². The summed E-state index contributed by atoms with van der Waals surface area (Å²) in [7, 11) is 0. The summed E-state index contributed by atoms with van der Waals surface area (Å²) in [5.41, 5.74) is 9.44. The SMILES string of the molecule is [2H]C([2H])([2H])N1C(=O)c2cccc(OC(F)F)c2[C@H]2C[C@@H]1c1nn3cc(C)c(-c4cnc(C5(N)CC(C)(C#N)C5)nc4)cc3c12. The summed E-state index contributed by atoms with van der Waals surface area (Å²) in [6, 6.07) is 7.49. The lowest BCUT2D eigenvalue weighted by atomic mass is 9.59. The van der Waals surface area contributed by atoms with E-state index in [0.717, 1.165) is 16.0 Å². The van der Waals surface area contributed by atoms with Crippen molar-refractivity contribution in [3.63, 3.8) is 0 Å². The monoisotopic (exact) mass is 558 g/mol. The van der Waals surface area contributed by atoms with Crippen molar-refractivity contribution in [3.05, 3.63) is 76.6 Å². The fourth-order valence-electron chi connectivity index (χ4n) is 6.94. The Bertz CT molecular complexity index is 1900. The molecular formula is C30H27F2N7O2. The zero-order valence-corrected chi connectivity index (χ0v) is 22.2. The quantitative estimate of drug-likeness (QED) is 0.380. The molecule has 2 aliphatic carbocycles. The van der Waals surface area contributed by atoms with Crippen LogP contribution in [-0.2, 0) is 5.54 Å². The third-order valence-corrected chi connectivity index (χ3v) is 8.64. The van der Waals surface area contributed by atoms with Gasteiger partial charge in [0, 0.05) is 57.9 Å². The molecule has 1 fully saturated rings. The van der Waals surface area contributed by atoms with E-state index in [-0.39, 0.29) is 23.3 Å². The fourth-order valence-corrected chi connectivity index (χ4v) is 6.94. The number of carbonyl (C=O) groups is 1. The number of aryl methyl sites for hydroxylation is 1. The van der Waals surface area contributed by atoms with E-state index in [1.54, 1.807) is 23.1 Å². The number of ether oxygens (including phenoxy) is 1. The Morgan fingerprint density at radius 2 is 2.00 bits per heavy atom. The Labute approximate surface area is 238 Å². The minimum Gasteiger partial charge on any atom is -0.434 e. The summed E-state index contributed by atoms with van der Waals surface area (Å²) in [6.45, 7) is -2.20. The van der Waals surface area contributed by atoms with E-state index in [1.807, 2.05) is 19.9 Å². The molecule has 7 rings (SSSR count). The summed E-state index contributed by atoms with van der Waals surface area (Å²) < 4.78 is 58.1. The molecule has 4 aromatic rings. The van der Waals surface area contributed by atoms with E-state index in [0.29, 0.717) is 41.0 Å². The number of carbonyl (C=O) groups excluding carboxylic acids is 1. The lowest BCUT2D eigenvalue weighted by molar-refractivity contribution is -0.0505. The zero-order chi connectivity index (χ0) is 31.3. The van der Waals surface area contributed by atoms with E-state index >= 15 is 0 Å². The van der Waals surface area contributed by atoms with Crippen LogP contribution < -0.4 is 10.5 Å². The molecule has 1 aliphatic heterocycles. The van der Waals surface area contributed by atoms with Crippen molar-refractivity contribution in [2.75, 3.05) is 6.98 Å². The van der Waals surface area contributed by atoms with E-state index in [1.165, 1.54) is 18.2 Å². The predicted molar refractivity (Wildman–Crippen MR) is 144 cm³/mol. The van der Waals surface area contributed by atoms with Gasteiger partial charge < -0.3 is 15.4 Å². The number of nitrogens with two attached hydrogens (primary N) is 1. The summed E-state index contributed by atoms with van der Waals surface area (Å²) in [5.74, 6) is -1.14. The average Bonchev–Trinajstić information content (AvgIpc) is 3.43. The number of fused-ring (bicyclic) bond motifs is 9. The minimum atomic E-state index is -3.14. The van der Waals surface area contributed by atoms with Gasteiger partial charge in [0.05, 0.1) is 34.3 Å². The highest BCUT2D eigenvalue weighted by Crippen LogP contribution is 2.54. The number of benzene rings is 1. The second-order valence-corrected chi connectivity index (χ2v) is 11.6. The van der Waals surface area contributed by atoms with Crippen molar-refractivity contribution < 1.29 is 22.4 Å². The van der Waals surface area contributed by atoms with E-state index < -0.39 is 42.4 Å². The van der Waals surface area contributed by atoms with Crippen LogP contribution >= 0.6 is 0 Å². The van der Waals surface area contributed by atoms with Gasteiger partial charge in [-0.2, -0.15) is 19.1 Å². The summed E-state index contributed by atoms with van der Waals surface area (Å²) in [4.78, 5) is 23.6. The highest BCUT2D eigenvalue weighted by atomic mass is 19.3. The highest BCUT2D eigenvalue weighted by Gasteiger charge is 2.53. The van der Waals surface area contributed by atoms with Gasteiger partial charge >= 0.3 is 6.61 Å². The molecule has 41 heavy (non-hydrogen) atoms. The molecule has 0 saturated heterocycles. The van der Waals surface area contributed by atoms with Gasteiger partial charge in [0.25, 0.3) is 5.91 Å². The topological polar surface area (TPSA) is 122 Å². The van der Waals surface area contributed by atoms with Crippen LogP contribution in [0, 0.1) is 23.7 Å². The van der Waals surface area contributed by atoms with Crippen molar-refractivity contribution in [2.24, 2.45) is 11.1 Å². The van der Waals surface area contributed by atoms with Crippen LogP contribution in [0.3, 0.4) is 0 Å². The molecule has 4 heterocycles. The van der Waals surface area contributed by atoms with Gasteiger partial charge in [-0.15, -0.1) is 0 Å². The van der Waals surface area contributed by atoms with Gasteiger partial charge in [0.15, 0.2) is 0 Å². The number of hydrogen-bond donors (Lipinski definition) is 1. The number of hydrogen-bond acceptors (Lipinski definition) is 7. The van der Waals surface area contributed by atoms with Gasteiger partial charge in [-0.05, 0) is 62.4 Å². The van der Waals surface area contributed by atoms with Gasteiger partial charge in [-0.3, -0.25) is 4.79 Å². The molecule has 2 atom stereocenters. The van der Waals surface area contributed by atoms with Gasteiger partial charge in [0.2, 0.25) is 0 Å². The average molecular weight is 559 g/mol. The third kappa shape index (κ3) is 3.67. The standard InChI is InChI=1S/C30H27F2N7O2/c1-15-11-39-20(7-18(15)16-9-35-27(36-10-16)30(34)12-29(2,13-30)14-33)24-19-8-21(25(24)37-39)38(3)26(40)17-5-4-6-22(23(17)19)41-28(31)32/h4-7,9-11,19,21,28H,8,12-13,34H2,1-3H3/t19-,21-,29?,30?/m1/s1/i3D3. The molecule has 2 N–H and O–H groups in total. The number of halogens is 2. The van der Waals surface area contributed by atoms with E-state index in [9.17, 15) is 18.8 Å². The maximum atomic E-state index is 13.7. The van der Waals surface area contributed by atoms with Crippen molar-refractivity contribution in [3.8, 4) is 22.9 Å². The fraction of sp³-hybridized carbons (Fsp3) is 0.367. The molecule has 208 valence electrons. The maximum absolute atomic E-state index is 13.7. The minimum absolute atomic E-state index is 0.00676. The molecule has 1 saturated carbocycles. The molecule has 3 aromatic heterocycles. The summed E-state index contributed by atoms with van der Waals surface area (Å²) in [6.07, 6.45) is 6.21. The lowest BCUT2D eigenvalue weighted by Gasteiger charge is -2.47. The molecule has 3 aliphatic rings. The van der Waals surface area contributed by atoms with Crippen LogP contribution in [0.15, 0.2) is 42.9 Å². The molecule has 2 bridgehead atoms. The summed E-state index contributed by atoms with van der Waals surface area (Å²) >= 11 is 0. The number of aromatic nitrogens is 4. The zero-order valence-electron chi connectivity index (χ0n) is 25.2. The van der Waals surface area contributed by atoms with Crippen molar-refractivity contribution in [2.45, 2.75) is 57.2 Å². The van der Waals surface area contributed by atoms with Crippen LogP contribution in [0.4, 0.5) is 8.78 Å². The van der Waals surface area contributed by atoms with Crippen molar-refractivity contribution in [1.82, 2.24) is 24.5 Å². The normalized spacial score (nSPS) is 27.8. The molecular weight excluding hydrogens is 528 g/mol. The number of alkyl halides is 2. The van der Waals surface area contributed by atoms with Crippen LogP contribution in [0.25, 0.3) is 16.6 Å². The first-order valence-electron chi connectivity index (χ1n) is 14.7. The number of nitriles is 1. The highest BCUT2D eigenvalue weighted by molar-refractivity contribution is 5.98. The molecule has 0 spiro atoms. The van der Waals surface area contributed by atoms with Gasteiger partial charge in [-0.1, -0.05) is 6.07 Å². The Morgan fingerprint density at radius 1 is 1.24 bits per heavy atom. The predicted octanol–water partition coefficient (Wildman–Crippen LogP) is 4.84. The van der Waals surface area contributed by atoms with Crippen LogP contribution in [0.5, 0.6) is 5.75 Å². The second-order valence-electron chi connectivity index (χ2n) is 11.6. The molecule has 1 amide bonds. The lowest BCUT2D eigenvalue weighted by Crippen LogP contribution is -2.54.